The van der Waals surface area contributed by atoms with E-state index >= 15 is 0 Å². The molecule has 4 nitrogen and oxygen atoms in total. The van der Waals surface area contributed by atoms with E-state index in [0.717, 1.165) is 21.3 Å². The highest BCUT2D eigenvalue weighted by Gasteiger charge is 2.15. The smallest absolute Gasteiger partial charge is 0.215 e. The fourth-order valence-electron chi connectivity index (χ4n) is 1.85. The minimum Gasteiger partial charge on any atom is -0.493 e. The minimum atomic E-state index is 0.0318. The Labute approximate surface area is 116 Å². The molecule has 0 bridgehead atoms. The third-order valence-corrected chi connectivity index (χ3v) is 3.51. The summed E-state index contributed by atoms with van der Waals surface area (Å²) in [6.45, 7) is 0. The summed E-state index contributed by atoms with van der Waals surface area (Å²) in [7, 11) is 0. The maximum Gasteiger partial charge on any atom is 0.215 e. The monoisotopic (exact) mass is 321 g/mol. The van der Waals surface area contributed by atoms with E-state index in [0.29, 0.717) is 10.5 Å². The zero-order valence-electron chi connectivity index (χ0n) is 9.07. The number of nitrogens with one attached hydrogen (secondary N) is 2. The highest BCUT2D eigenvalue weighted by Crippen LogP contribution is 2.38. The van der Waals surface area contributed by atoms with Crippen LogP contribution in [-0.2, 0) is 0 Å². The van der Waals surface area contributed by atoms with Gasteiger partial charge in [0.15, 0.2) is 4.77 Å². The fourth-order valence-corrected chi connectivity index (χ4v) is 2.52. The number of H-pyrrole nitrogens is 2. The normalized spacial score (nSPS) is 15.3. The summed E-state index contributed by atoms with van der Waals surface area (Å²) >= 11 is 8.38. The van der Waals surface area contributed by atoms with Crippen molar-refractivity contribution < 1.29 is 5.11 Å². The summed E-state index contributed by atoms with van der Waals surface area (Å²) in [6.07, 6.45) is 3.57. The standard InChI is InChI=1S/C12H8BrN3OS/c13-8-3-1-2-7-6(5-14-10(7)8)4-9-11(17)16-12(18)15-9/h1-5,17H,(H2,15,16,18). The van der Waals surface area contributed by atoms with Crippen LogP contribution in [0.3, 0.4) is 0 Å². The number of hydrogen-bond donors (Lipinski definition) is 3. The van der Waals surface area contributed by atoms with Gasteiger partial charge in [-0.1, -0.05) is 12.1 Å². The summed E-state index contributed by atoms with van der Waals surface area (Å²) in [5, 5.41) is 9.64. The van der Waals surface area contributed by atoms with Crippen molar-refractivity contribution in [2.75, 3.05) is 0 Å². The number of allylic oxidation sites excluding steroid dienone is 1. The number of hydrogen-bond acceptors (Lipinski definition) is 3. The molecular weight excluding hydrogens is 314 g/mol. The number of para-hydroxylation sites is 1. The number of halogens is 1. The van der Waals surface area contributed by atoms with Gasteiger partial charge >= 0.3 is 0 Å². The van der Waals surface area contributed by atoms with Gasteiger partial charge in [0.2, 0.25) is 5.88 Å². The van der Waals surface area contributed by atoms with Gasteiger partial charge in [-0.25, -0.2) is 0 Å². The first-order valence-corrected chi connectivity index (χ1v) is 6.41. The molecule has 2 heterocycles. The molecule has 0 amide bonds. The number of aromatic hydroxyl groups is 1. The fraction of sp³-hybridized carbons (Fsp3) is 0. The van der Waals surface area contributed by atoms with Crippen LogP contribution in [0.1, 0.15) is 11.3 Å². The van der Waals surface area contributed by atoms with Gasteiger partial charge in [0.05, 0.1) is 5.69 Å². The first kappa shape index (κ1) is 11.4. The molecule has 0 saturated heterocycles. The Balaban J connectivity index is 2.13. The Morgan fingerprint density at radius 3 is 2.89 bits per heavy atom. The number of aromatic nitrogens is 2. The van der Waals surface area contributed by atoms with Gasteiger partial charge in [-0.15, -0.1) is 0 Å². The molecule has 0 radical (unpaired) electrons. The van der Waals surface area contributed by atoms with E-state index in [1.54, 1.807) is 6.21 Å². The van der Waals surface area contributed by atoms with Crippen LogP contribution in [-0.4, -0.2) is 21.3 Å². The molecular formula is C12H8BrN3OS. The van der Waals surface area contributed by atoms with Crippen LogP contribution in [0.2, 0.25) is 0 Å². The van der Waals surface area contributed by atoms with Crippen molar-refractivity contribution in [2.45, 2.75) is 0 Å². The molecule has 2 aromatic rings. The Morgan fingerprint density at radius 1 is 1.33 bits per heavy atom. The molecule has 3 rings (SSSR count). The van der Waals surface area contributed by atoms with Crippen LogP contribution < -0.4 is 0 Å². The van der Waals surface area contributed by atoms with Gasteiger partial charge in [-0.05, 0) is 40.3 Å². The summed E-state index contributed by atoms with van der Waals surface area (Å²) in [6, 6.07) is 5.88. The molecule has 0 spiro atoms. The van der Waals surface area contributed by atoms with E-state index in [1.807, 2.05) is 24.3 Å². The second-order valence-corrected chi connectivity index (χ2v) is 5.10. The second-order valence-electron chi connectivity index (χ2n) is 3.84. The van der Waals surface area contributed by atoms with Gasteiger partial charge in [0.1, 0.15) is 5.69 Å². The highest BCUT2D eigenvalue weighted by atomic mass is 79.9. The molecule has 1 aliphatic rings. The molecule has 3 N–H and O–H groups in total. The number of rotatable bonds is 1. The zero-order valence-corrected chi connectivity index (χ0v) is 11.5. The predicted molar refractivity (Wildman–Crippen MR) is 77.8 cm³/mol. The number of aliphatic imine (C=N–C) groups is 1. The first-order chi connectivity index (χ1) is 8.65. The van der Waals surface area contributed by atoms with E-state index in [1.165, 1.54) is 0 Å². The van der Waals surface area contributed by atoms with Crippen LogP contribution >= 0.6 is 28.1 Å². The SMILES string of the molecule is Oc1[nH]c(=S)[nH]c1C=C1C=Nc2c(Br)cccc21. The van der Waals surface area contributed by atoms with Crippen molar-refractivity contribution >= 4 is 51.7 Å². The van der Waals surface area contributed by atoms with E-state index in [9.17, 15) is 5.11 Å². The number of fused-ring (bicyclic) bond motifs is 1. The third kappa shape index (κ3) is 1.83. The average molecular weight is 322 g/mol. The maximum atomic E-state index is 9.64. The molecule has 0 fully saturated rings. The van der Waals surface area contributed by atoms with Gasteiger partial charge in [0.25, 0.3) is 0 Å². The molecule has 18 heavy (non-hydrogen) atoms. The Hall–Kier alpha value is -1.66. The highest BCUT2D eigenvalue weighted by molar-refractivity contribution is 9.10. The summed E-state index contributed by atoms with van der Waals surface area (Å²) in [5.74, 6) is 0.0318. The molecule has 1 aromatic carbocycles. The summed E-state index contributed by atoms with van der Waals surface area (Å²) in [4.78, 5) is 9.85. The van der Waals surface area contributed by atoms with Gasteiger partial charge in [-0.3, -0.25) is 4.99 Å². The molecule has 1 aliphatic heterocycles. The number of aromatic amines is 2. The lowest BCUT2D eigenvalue weighted by Gasteiger charge is -2.00. The topological polar surface area (TPSA) is 64.2 Å². The van der Waals surface area contributed by atoms with E-state index in [2.05, 4.69) is 30.9 Å². The van der Waals surface area contributed by atoms with E-state index in [4.69, 9.17) is 12.2 Å². The molecule has 0 aliphatic carbocycles. The lowest BCUT2D eigenvalue weighted by Crippen LogP contribution is -1.81. The van der Waals surface area contributed by atoms with Crippen LogP contribution in [0.4, 0.5) is 5.69 Å². The Morgan fingerprint density at radius 2 is 2.17 bits per heavy atom. The Bertz CT molecular complexity index is 742. The predicted octanol–water partition coefficient (Wildman–Crippen LogP) is 3.80. The number of nitrogens with zero attached hydrogens (tertiary/aromatic N) is 1. The molecule has 90 valence electrons. The Kier molecular flexibility index (Phi) is 2.68. The summed E-state index contributed by atoms with van der Waals surface area (Å²) < 4.78 is 1.34. The van der Waals surface area contributed by atoms with Crippen molar-refractivity contribution in [1.82, 2.24) is 9.97 Å². The van der Waals surface area contributed by atoms with E-state index < -0.39 is 0 Å². The molecule has 1 aromatic heterocycles. The molecule has 6 heteroatoms. The van der Waals surface area contributed by atoms with Crippen molar-refractivity contribution in [3.63, 3.8) is 0 Å². The van der Waals surface area contributed by atoms with Crippen molar-refractivity contribution in [1.29, 1.82) is 0 Å². The zero-order chi connectivity index (χ0) is 12.7. The number of imidazole rings is 1. The molecule has 0 atom stereocenters. The van der Waals surface area contributed by atoms with Gasteiger partial charge < -0.3 is 15.1 Å². The molecule has 0 unspecified atom stereocenters. The van der Waals surface area contributed by atoms with Crippen LogP contribution in [0.5, 0.6) is 5.88 Å². The van der Waals surface area contributed by atoms with Crippen LogP contribution in [0, 0.1) is 4.77 Å². The quantitative estimate of drug-likeness (QED) is 0.699. The van der Waals surface area contributed by atoms with Crippen molar-refractivity contribution in [2.24, 2.45) is 4.99 Å². The van der Waals surface area contributed by atoms with E-state index in [-0.39, 0.29) is 5.88 Å². The largest absolute Gasteiger partial charge is 0.493 e. The maximum absolute atomic E-state index is 9.64. The van der Waals surface area contributed by atoms with Crippen molar-refractivity contribution in [3.05, 3.63) is 38.7 Å². The van der Waals surface area contributed by atoms with Crippen LogP contribution in [0.25, 0.3) is 11.6 Å². The number of benzene rings is 1. The third-order valence-electron chi connectivity index (χ3n) is 2.67. The second kappa shape index (κ2) is 4.22. The van der Waals surface area contributed by atoms with Crippen molar-refractivity contribution in [3.8, 4) is 5.88 Å². The average Bonchev–Trinajstić information content (AvgIpc) is 2.86. The van der Waals surface area contributed by atoms with Gasteiger partial charge in [-0.2, -0.15) is 0 Å². The summed E-state index contributed by atoms with van der Waals surface area (Å²) in [5.41, 5.74) is 3.39. The lowest BCUT2D eigenvalue weighted by atomic mass is 10.1. The minimum absolute atomic E-state index is 0.0318. The molecule has 0 saturated carbocycles. The van der Waals surface area contributed by atoms with Gasteiger partial charge in [0, 0.05) is 21.8 Å². The van der Waals surface area contributed by atoms with Crippen LogP contribution in [0.15, 0.2) is 27.7 Å². The lowest BCUT2D eigenvalue weighted by molar-refractivity contribution is 0.455. The first-order valence-electron chi connectivity index (χ1n) is 5.21.